The van der Waals surface area contributed by atoms with E-state index in [1.807, 2.05) is 13.8 Å². The number of nitrogens with zero attached hydrogens (tertiary/aromatic N) is 1. The molecule has 118 valence electrons. The van der Waals surface area contributed by atoms with Gasteiger partial charge in [0.15, 0.2) is 0 Å². The molecule has 6 nitrogen and oxygen atoms in total. The Balaban J connectivity index is 2.69. The fraction of sp³-hybridized carbons (Fsp3) is 0.462. The average Bonchev–Trinajstić information content (AvgIpc) is 2.34. The summed E-state index contributed by atoms with van der Waals surface area (Å²) in [6, 6.07) is 6.68. The second-order valence-electron chi connectivity index (χ2n) is 4.87. The van der Waals surface area contributed by atoms with Crippen molar-refractivity contribution < 1.29 is 13.2 Å². The van der Waals surface area contributed by atoms with Gasteiger partial charge >= 0.3 is 6.03 Å². The molecule has 0 unspecified atom stereocenters. The number of halogens is 1. The van der Waals surface area contributed by atoms with E-state index in [1.54, 1.807) is 24.3 Å². The number of hydrogen-bond acceptors (Lipinski definition) is 3. The molecule has 1 rings (SSSR count). The van der Waals surface area contributed by atoms with Crippen LogP contribution in [0.5, 0.6) is 0 Å². The zero-order valence-corrected chi connectivity index (χ0v) is 14.7. The largest absolute Gasteiger partial charge is 0.336 e. The molecule has 0 aliphatic heterocycles. The third-order valence-corrected chi connectivity index (χ3v) is 4.26. The molecule has 0 aliphatic rings. The number of carbonyl (C=O) groups excluding carboxylic acids is 1. The molecule has 21 heavy (non-hydrogen) atoms. The van der Waals surface area contributed by atoms with Gasteiger partial charge in [-0.1, -0.05) is 15.9 Å². The summed E-state index contributed by atoms with van der Waals surface area (Å²) in [7, 11) is -3.41. The van der Waals surface area contributed by atoms with E-state index in [0.29, 0.717) is 5.69 Å². The molecule has 0 atom stereocenters. The van der Waals surface area contributed by atoms with Crippen LogP contribution in [-0.2, 0) is 10.0 Å². The summed E-state index contributed by atoms with van der Waals surface area (Å²) in [6.07, 6.45) is 1.14. The number of benzene rings is 1. The minimum Gasteiger partial charge on any atom is -0.336 e. The molecule has 0 aliphatic carbocycles. The van der Waals surface area contributed by atoms with Gasteiger partial charge in [0, 0.05) is 17.1 Å². The van der Waals surface area contributed by atoms with Crippen molar-refractivity contribution in [2.45, 2.75) is 19.9 Å². The summed E-state index contributed by atoms with van der Waals surface area (Å²) in [5.74, 6) is 0. The van der Waals surface area contributed by atoms with E-state index in [1.165, 1.54) is 4.31 Å². The van der Waals surface area contributed by atoms with Gasteiger partial charge in [0.25, 0.3) is 0 Å². The Hall–Kier alpha value is -1.28. The highest BCUT2D eigenvalue weighted by Gasteiger charge is 2.17. The van der Waals surface area contributed by atoms with Gasteiger partial charge in [0.1, 0.15) is 0 Å². The fourth-order valence-corrected chi connectivity index (χ4v) is 2.87. The molecule has 0 spiro atoms. The number of sulfonamides is 1. The van der Waals surface area contributed by atoms with Crippen molar-refractivity contribution in [3.8, 4) is 0 Å². The van der Waals surface area contributed by atoms with E-state index in [0.717, 1.165) is 10.7 Å². The van der Waals surface area contributed by atoms with Crippen LogP contribution < -0.4 is 14.9 Å². The minimum absolute atomic E-state index is 0.0301. The van der Waals surface area contributed by atoms with E-state index in [-0.39, 0.29) is 25.2 Å². The molecular formula is C13H20BrN3O3S. The first kappa shape index (κ1) is 17.8. The molecule has 2 amide bonds. The molecule has 0 bridgehead atoms. The van der Waals surface area contributed by atoms with E-state index in [2.05, 4.69) is 26.6 Å². The van der Waals surface area contributed by atoms with Crippen molar-refractivity contribution in [1.82, 2.24) is 10.6 Å². The van der Waals surface area contributed by atoms with Gasteiger partial charge in [-0.3, -0.25) is 4.31 Å². The van der Waals surface area contributed by atoms with Crippen molar-refractivity contribution in [2.24, 2.45) is 0 Å². The minimum atomic E-state index is -3.41. The molecule has 1 aromatic carbocycles. The van der Waals surface area contributed by atoms with Gasteiger partial charge < -0.3 is 10.6 Å². The third kappa shape index (κ3) is 6.34. The van der Waals surface area contributed by atoms with Crippen LogP contribution in [0, 0.1) is 0 Å². The predicted molar refractivity (Wildman–Crippen MR) is 88.0 cm³/mol. The van der Waals surface area contributed by atoms with Gasteiger partial charge in [-0.15, -0.1) is 0 Å². The number of anilines is 1. The number of amides is 2. The van der Waals surface area contributed by atoms with Gasteiger partial charge in [-0.05, 0) is 38.1 Å². The van der Waals surface area contributed by atoms with E-state index in [4.69, 9.17) is 0 Å². The van der Waals surface area contributed by atoms with Crippen molar-refractivity contribution in [1.29, 1.82) is 0 Å². The molecule has 2 N–H and O–H groups in total. The Bertz CT molecular complexity index is 573. The lowest BCUT2D eigenvalue weighted by Crippen LogP contribution is -2.43. The maximum absolute atomic E-state index is 11.9. The first-order chi connectivity index (χ1) is 9.70. The Morgan fingerprint density at radius 3 is 2.33 bits per heavy atom. The zero-order chi connectivity index (χ0) is 16.0. The van der Waals surface area contributed by atoms with Gasteiger partial charge in [-0.25, -0.2) is 13.2 Å². The second-order valence-corrected chi connectivity index (χ2v) is 7.69. The summed E-state index contributed by atoms with van der Waals surface area (Å²) in [4.78, 5) is 11.5. The monoisotopic (exact) mass is 377 g/mol. The van der Waals surface area contributed by atoms with Crippen LogP contribution in [0.1, 0.15) is 13.8 Å². The highest BCUT2D eigenvalue weighted by molar-refractivity contribution is 9.10. The van der Waals surface area contributed by atoms with Crippen molar-refractivity contribution in [3.05, 3.63) is 28.7 Å². The maximum Gasteiger partial charge on any atom is 0.315 e. The maximum atomic E-state index is 11.9. The first-order valence-electron chi connectivity index (χ1n) is 6.48. The first-order valence-corrected chi connectivity index (χ1v) is 9.12. The summed E-state index contributed by atoms with van der Waals surface area (Å²) >= 11 is 3.31. The molecule has 0 saturated heterocycles. The second kappa shape index (κ2) is 7.65. The van der Waals surface area contributed by atoms with Gasteiger partial charge in [0.2, 0.25) is 10.0 Å². The van der Waals surface area contributed by atoms with E-state index >= 15 is 0 Å². The van der Waals surface area contributed by atoms with Crippen LogP contribution in [0.15, 0.2) is 28.7 Å². The number of nitrogens with one attached hydrogen (secondary N) is 2. The predicted octanol–water partition coefficient (Wildman–Crippen LogP) is 1.92. The quantitative estimate of drug-likeness (QED) is 0.794. The number of urea groups is 1. The molecule has 0 saturated carbocycles. The van der Waals surface area contributed by atoms with Crippen LogP contribution in [0.3, 0.4) is 0 Å². The number of rotatable bonds is 6. The lowest BCUT2D eigenvalue weighted by molar-refractivity contribution is 0.239. The Labute approximate surface area is 134 Å². The molecule has 0 fully saturated rings. The molecule has 1 aromatic rings. The Kier molecular flexibility index (Phi) is 6.47. The fourth-order valence-electron chi connectivity index (χ4n) is 1.68. The van der Waals surface area contributed by atoms with Crippen LogP contribution in [-0.4, -0.2) is 39.8 Å². The summed E-state index contributed by atoms with van der Waals surface area (Å²) < 4.78 is 25.8. The van der Waals surface area contributed by atoms with Crippen molar-refractivity contribution in [2.75, 3.05) is 23.7 Å². The van der Waals surface area contributed by atoms with E-state index in [9.17, 15) is 13.2 Å². The average molecular weight is 378 g/mol. The van der Waals surface area contributed by atoms with Gasteiger partial charge in [-0.2, -0.15) is 0 Å². The van der Waals surface area contributed by atoms with Crippen molar-refractivity contribution in [3.63, 3.8) is 0 Å². The van der Waals surface area contributed by atoms with Gasteiger partial charge in [0.05, 0.1) is 18.5 Å². The molecule has 8 heteroatoms. The topological polar surface area (TPSA) is 78.5 Å². The SMILES string of the molecule is CC(C)NC(=O)NCCN(c1ccc(Br)cc1)S(C)(=O)=O. The molecule has 0 aromatic heterocycles. The lowest BCUT2D eigenvalue weighted by atomic mass is 10.3. The normalized spacial score (nSPS) is 11.3. The zero-order valence-electron chi connectivity index (χ0n) is 12.3. The summed E-state index contributed by atoms with van der Waals surface area (Å²) in [5, 5.41) is 5.31. The molecule has 0 radical (unpaired) electrons. The summed E-state index contributed by atoms with van der Waals surface area (Å²) in [6.45, 7) is 4.10. The smallest absolute Gasteiger partial charge is 0.315 e. The van der Waals surface area contributed by atoms with Crippen molar-refractivity contribution >= 4 is 37.7 Å². The van der Waals surface area contributed by atoms with Crippen LogP contribution in [0.4, 0.5) is 10.5 Å². The van der Waals surface area contributed by atoms with Crippen LogP contribution in [0.25, 0.3) is 0 Å². The summed E-state index contributed by atoms with van der Waals surface area (Å²) in [5.41, 5.74) is 0.562. The Morgan fingerprint density at radius 1 is 1.29 bits per heavy atom. The molecular weight excluding hydrogens is 358 g/mol. The standard InChI is InChI=1S/C13H20BrN3O3S/c1-10(2)16-13(18)15-8-9-17(21(3,19)20)12-6-4-11(14)5-7-12/h4-7,10H,8-9H2,1-3H3,(H2,15,16,18). The highest BCUT2D eigenvalue weighted by atomic mass is 79.9. The van der Waals surface area contributed by atoms with Crippen LogP contribution in [0.2, 0.25) is 0 Å². The van der Waals surface area contributed by atoms with Crippen LogP contribution >= 0.6 is 15.9 Å². The number of hydrogen-bond donors (Lipinski definition) is 2. The molecule has 0 heterocycles. The number of carbonyl (C=O) groups is 1. The van der Waals surface area contributed by atoms with E-state index < -0.39 is 10.0 Å². The highest BCUT2D eigenvalue weighted by Crippen LogP contribution is 2.20. The lowest BCUT2D eigenvalue weighted by Gasteiger charge is -2.22. The Morgan fingerprint density at radius 2 is 1.86 bits per heavy atom. The third-order valence-electron chi connectivity index (χ3n) is 2.54.